The Morgan fingerprint density at radius 3 is 2.45 bits per heavy atom. The Labute approximate surface area is 196 Å². The van der Waals surface area contributed by atoms with Crippen LogP contribution in [0.4, 0.5) is 5.69 Å². The maximum Gasteiger partial charge on any atom is 0.282 e. The second-order valence-corrected chi connectivity index (χ2v) is 8.09. The largest absolute Gasteiger partial charge is 0.497 e. The molecule has 0 spiro atoms. The minimum absolute atomic E-state index is 0.237. The van der Waals surface area contributed by atoms with Crippen LogP contribution in [-0.2, 0) is 4.79 Å². The predicted octanol–water partition coefficient (Wildman–Crippen LogP) is 6.04. The molecule has 4 aromatic rings. The minimum atomic E-state index is -0.237. The van der Waals surface area contributed by atoms with Crippen LogP contribution >= 0.6 is 11.6 Å². The van der Waals surface area contributed by atoms with Gasteiger partial charge in [-0.3, -0.25) is 9.69 Å². The van der Waals surface area contributed by atoms with Gasteiger partial charge in [-0.2, -0.15) is 0 Å². The zero-order chi connectivity index (χ0) is 22.9. The number of amidine groups is 1. The van der Waals surface area contributed by atoms with Crippen LogP contribution in [0.25, 0.3) is 17.0 Å². The summed E-state index contributed by atoms with van der Waals surface area (Å²) in [5.41, 5.74) is 4.40. The Morgan fingerprint density at radius 2 is 1.73 bits per heavy atom. The monoisotopic (exact) mass is 453 g/mol. The zero-order valence-corrected chi connectivity index (χ0v) is 18.9. The molecular weight excluding hydrogens is 434 g/mol. The van der Waals surface area contributed by atoms with Gasteiger partial charge in [0.2, 0.25) is 0 Å². The summed E-state index contributed by atoms with van der Waals surface area (Å²) in [5, 5.41) is 1.28. The van der Waals surface area contributed by atoms with Gasteiger partial charge in [0.1, 0.15) is 22.4 Å². The molecule has 6 heteroatoms. The van der Waals surface area contributed by atoms with E-state index in [1.165, 1.54) is 0 Å². The van der Waals surface area contributed by atoms with Gasteiger partial charge in [-0.05, 0) is 55.5 Å². The van der Waals surface area contributed by atoms with Crippen LogP contribution in [0, 0.1) is 6.92 Å². The third-order valence-electron chi connectivity index (χ3n) is 5.47. The molecule has 0 atom stereocenters. The number of anilines is 1. The number of pyridine rings is 1. The van der Waals surface area contributed by atoms with E-state index in [-0.39, 0.29) is 5.91 Å². The van der Waals surface area contributed by atoms with Crippen molar-refractivity contribution in [3.63, 3.8) is 0 Å². The predicted molar refractivity (Wildman–Crippen MR) is 133 cm³/mol. The molecule has 0 bridgehead atoms. The van der Waals surface area contributed by atoms with E-state index in [9.17, 15) is 4.79 Å². The fraction of sp³-hybridized carbons (Fsp3) is 0.0741. The summed E-state index contributed by atoms with van der Waals surface area (Å²) in [6.45, 7) is 2.02. The number of amides is 1. The summed E-state index contributed by atoms with van der Waals surface area (Å²) in [6, 6.07) is 24.8. The number of fused-ring (bicyclic) bond motifs is 1. The lowest BCUT2D eigenvalue weighted by Crippen LogP contribution is -2.32. The second kappa shape index (κ2) is 8.52. The average molecular weight is 454 g/mol. The highest BCUT2D eigenvalue weighted by atomic mass is 35.5. The molecule has 1 aromatic heterocycles. The molecule has 0 saturated carbocycles. The van der Waals surface area contributed by atoms with E-state index in [1.807, 2.05) is 85.8 Å². The van der Waals surface area contributed by atoms with Gasteiger partial charge in [0, 0.05) is 16.5 Å². The zero-order valence-electron chi connectivity index (χ0n) is 18.1. The van der Waals surface area contributed by atoms with Crippen molar-refractivity contribution in [1.82, 2.24) is 4.98 Å². The van der Waals surface area contributed by atoms with Gasteiger partial charge in [-0.15, -0.1) is 0 Å². The van der Waals surface area contributed by atoms with Gasteiger partial charge in [0.25, 0.3) is 5.91 Å². The molecule has 33 heavy (non-hydrogen) atoms. The van der Waals surface area contributed by atoms with Crippen molar-refractivity contribution < 1.29 is 9.53 Å². The number of aryl methyl sites for hydroxylation is 1. The molecule has 0 unspecified atom stereocenters. The summed E-state index contributed by atoms with van der Waals surface area (Å²) in [4.78, 5) is 24.3. The molecule has 1 amide bonds. The average Bonchev–Trinajstić information content (AvgIpc) is 3.16. The molecule has 5 nitrogen and oxygen atoms in total. The van der Waals surface area contributed by atoms with E-state index >= 15 is 0 Å². The summed E-state index contributed by atoms with van der Waals surface area (Å²) < 4.78 is 5.26. The summed E-state index contributed by atoms with van der Waals surface area (Å²) in [6.07, 6.45) is 1.70. The first-order valence-electron chi connectivity index (χ1n) is 10.4. The molecule has 0 saturated heterocycles. The molecule has 0 aliphatic carbocycles. The highest BCUT2D eigenvalue weighted by molar-refractivity contribution is 6.34. The number of carbonyl (C=O) groups excluding carboxylic acids is 1. The third-order valence-corrected chi connectivity index (χ3v) is 5.77. The van der Waals surface area contributed by atoms with Crippen molar-refractivity contribution >= 4 is 46.0 Å². The maximum atomic E-state index is 13.5. The molecule has 1 aliphatic heterocycles. The van der Waals surface area contributed by atoms with Crippen LogP contribution in [0.15, 0.2) is 89.6 Å². The van der Waals surface area contributed by atoms with Crippen molar-refractivity contribution in [1.29, 1.82) is 0 Å². The van der Waals surface area contributed by atoms with Crippen molar-refractivity contribution in [2.75, 3.05) is 12.0 Å². The fourth-order valence-electron chi connectivity index (χ4n) is 3.81. The Hall–Kier alpha value is -3.96. The number of aliphatic imine (C=N–C) groups is 1. The van der Waals surface area contributed by atoms with Gasteiger partial charge in [0.15, 0.2) is 0 Å². The molecule has 162 valence electrons. The number of ether oxygens (including phenoxy) is 1. The molecular formula is C27H20ClN3O2. The van der Waals surface area contributed by atoms with Crippen molar-refractivity contribution in [3.8, 4) is 5.75 Å². The second-order valence-electron chi connectivity index (χ2n) is 7.73. The van der Waals surface area contributed by atoms with Crippen molar-refractivity contribution in [2.24, 2.45) is 4.99 Å². The molecule has 1 aliphatic rings. The van der Waals surface area contributed by atoms with Crippen LogP contribution in [-0.4, -0.2) is 23.8 Å². The van der Waals surface area contributed by atoms with Crippen molar-refractivity contribution in [3.05, 3.63) is 106 Å². The van der Waals surface area contributed by atoms with E-state index in [0.29, 0.717) is 33.7 Å². The number of aromatic nitrogens is 1. The standard InChI is InChI=1S/C27H20ClN3O2/c1-17-8-13-23-19(14-17)15-20(25(28)29-23)16-24-27(32)31(21-9-11-22(33-2)12-10-21)26(30-24)18-6-4-3-5-7-18/h3-16H,1-2H3. The number of benzene rings is 3. The number of nitrogens with zero attached hydrogens (tertiary/aromatic N) is 3. The quantitative estimate of drug-likeness (QED) is 0.279. The lowest BCUT2D eigenvalue weighted by Gasteiger charge is -2.18. The van der Waals surface area contributed by atoms with E-state index in [0.717, 1.165) is 22.0 Å². The summed E-state index contributed by atoms with van der Waals surface area (Å²) in [5.74, 6) is 1.03. The van der Waals surface area contributed by atoms with Crippen LogP contribution in [0.5, 0.6) is 5.75 Å². The minimum Gasteiger partial charge on any atom is -0.497 e. The van der Waals surface area contributed by atoms with E-state index < -0.39 is 0 Å². The van der Waals surface area contributed by atoms with Crippen molar-refractivity contribution in [2.45, 2.75) is 6.92 Å². The van der Waals surface area contributed by atoms with Gasteiger partial charge in [-0.25, -0.2) is 9.98 Å². The van der Waals surface area contributed by atoms with Crippen LogP contribution in [0.2, 0.25) is 5.15 Å². The van der Waals surface area contributed by atoms with Gasteiger partial charge < -0.3 is 4.74 Å². The fourth-order valence-corrected chi connectivity index (χ4v) is 4.01. The highest BCUT2D eigenvalue weighted by Gasteiger charge is 2.32. The lowest BCUT2D eigenvalue weighted by molar-refractivity contribution is -0.113. The van der Waals surface area contributed by atoms with Crippen LogP contribution in [0.3, 0.4) is 0 Å². The number of hydrogen-bond acceptors (Lipinski definition) is 4. The first-order valence-corrected chi connectivity index (χ1v) is 10.8. The lowest BCUT2D eigenvalue weighted by atomic mass is 10.1. The number of hydrogen-bond donors (Lipinski definition) is 0. The molecule has 5 rings (SSSR count). The third kappa shape index (κ3) is 3.99. The summed E-state index contributed by atoms with van der Waals surface area (Å²) in [7, 11) is 1.61. The molecule has 2 heterocycles. The summed E-state index contributed by atoms with van der Waals surface area (Å²) >= 11 is 6.47. The number of methoxy groups -OCH3 is 1. The smallest absolute Gasteiger partial charge is 0.282 e. The van der Waals surface area contributed by atoms with E-state index in [1.54, 1.807) is 18.1 Å². The molecule has 0 radical (unpaired) electrons. The van der Waals surface area contributed by atoms with Crippen LogP contribution < -0.4 is 9.64 Å². The molecule has 0 fully saturated rings. The highest BCUT2D eigenvalue weighted by Crippen LogP contribution is 2.31. The Kier molecular flexibility index (Phi) is 5.40. The first-order chi connectivity index (χ1) is 16.0. The SMILES string of the molecule is COc1ccc(N2C(=O)C(=Cc3cc4cc(C)ccc4nc3Cl)N=C2c2ccccc2)cc1. The Bertz CT molecular complexity index is 1430. The normalized spacial score (nSPS) is 14.8. The van der Waals surface area contributed by atoms with Gasteiger partial charge in [0.05, 0.1) is 18.3 Å². The number of rotatable bonds is 4. The van der Waals surface area contributed by atoms with Gasteiger partial charge >= 0.3 is 0 Å². The maximum absolute atomic E-state index is 13.5. The number of carbonyl (C=O) groups is 1. The van der Waals surface area contributed by atoms with Crippen LogP contribution in [0.1, 0.15) is 16.7 Å². The molecule has 0 N–H and O–H groups in total. The Balaban J connectivity index is 1.62. The van der Waals surface area contributed by atoms with Gasteiger partial charge in [-0.1, -0.05) is 53.6 Å². The number of halogens is 1. The van der Waals surface area contributed by atoms with E-state index in [4.69, 9.17) is 21.3 Å². The van der Waals surface area contributed by atoms with E-state index in [2.05, 4.69) is 4.98 Å². The molecule has 3 aromatic carbocycles. The topological polar surface area (TPSA) is 54.8 Å². The first kappa shape index (κ1) is 20.9. The Morgan fingerprint density at radius 1 is 0.970 bits per heavy atom.